The van der Waals surface area contributed by atoms with Gasteiger partial charge in [0.05, 0.1) is 0 Å². The van der Waals surface area contributed by atoms with Gasteiger partial charge in [-0.2, -0.15) is 0 Å². The summed E-state index contributed by atoms with van der Waals surface area (Å²) in [6, 6.07) is -6.49. The average molecular weight is 1000 g/mol. The second-order valence-corrected chi connectivity index (χ2v) is 23.0. The Balaban J connectivity index is 6.18. The molecular weight excluding hydrogens is 915 g/mol. The molecule has 0 aliphatic heterocycles. The van der Waals surface area contributed by atoms with Crippen LogP contribution in [0.25, 0.3) is 0 Å². The highest BCUT2D eigenvalue weighted by Gasteiger charge is 2.34. The monoisotopic (exact) mass is 1000 g/mol. The Kier molecular flexibility index (Phi) is 25.2. The van der Waals surface area contributed by atoms with Gasteiger partial charge >= 0.3 is 35.8 Å². The molecule has 0 rings (SSSR count). The minimum Gasteiger partial charge on any atom is -0.460 e. The largest absolute Gasteiger partial charge is 0.460 e. The van der Waals surface area contributed by atoms with Crippen LogP contribution in [-0.2, 0) is 76.4 Å². The summed E-state index contributed by atoms with van der Waals surface area (Å²) in [5.41, 5.74) is 0.443. The molecule has 0 aliphatic carbocycles. The fourth-order valence-corrected chi connectivity index (χ4v) is 5.82. The van der Waals surface area contributed by atoms with Crippen LogP contribution in [0.4, 0.5) is 0 Å². The molecule has 0 aromatic carbocycles. The first-order valence-electron chi connectivity index (χ1n) is 23.7. The van der Waals surface area contributed by atoms with Crippen LogP contribution in [0.3, 0.4) is 0 Å². The van der Waals surface area contributed by atoms with Crippen molar-refractivity contribution in [1.82, 2.24) is 21.3 Å². The van der Waals surface area contributed by atoms with Crippen LogP contribution >= 0.6 is 0 Å². The fourth-order valence-electron chi connectivity index (χ4n) is 5.82. The Hall–Kier alpha value is -5.34. The molecule has 0 radical (unpaired) electrons. The zero-order valence-electron chi connectivity index (χ0n) is 45.1. The maximum absolute atomic E-state index is 13.5. The highest BCUT2D eigenvalue weighted by Crippen LogP contribution is 2.18. The Bertz CT molecular complexity index is 1820. The zero-order valence-corrected chi connectivity index (χ0v) is 45.1. The maximum atomic E-state index is 13.5. The van der Waals surface area contributed by atoms with Gasteiger partial charge in [0, 0.05) is 32.1 Å². The molecular formula is C49H85N5O16. The van der Waals surface area contributed by atoms with Crippen molar-refractivity contribution >= 4 is 59.4 Å². The summed E-state index contributed by atoms with van der Waals surface area (Å²) in [6.45, 7) is 29.5. The zero-order chi connectivity index (χ0) is 54.8. The van der Waals surface area contributed by atoms with Crippen LogP contribution < -0.4 is 27.0 Å². The lowest BCUT2D eigenvalue weighted by atomic mass is 10.1. The summed E-state index contributed by atoms with van der Waals surface area (Å²) in [7, 11) is 0. The van der Waals surface area contributed by atoms with Gasteiger partial charge in [0.1, 0.15) is 63.8 Å². The topological polar surface area (TPSA) is 300 Å². The predicted molar refractivity (Wildman–Crippen MR) is 257 cm³/mol. The molecule has 4 amide bonds. The molecule has 0 bridgehead atoms. The average Bonchev–Trinajstić information content (AvgIpc) is 3.12. The number of nitrogens with one attached hydrogen (secondary N) is 4. The third kappa shape index (κ3) is 32.5. The van der Waals surface area contributed by atoms with E-state index in [9.17, 15) is 47.9 Å². The first-order chi connectivity index (χ1) is 31.4. The van der Waals surface area contributed by atoms with Gasteiger partial charge in [0.2, 0.25) is 23.6 Å². The van der Waals surface area contributed by atoms with Crippen molar-refractivity contribution in [2.45, 2.75) is 253 Å². The molecule has 0 aliphatic rings. The van der Waals surface area contributed by atoms with Crippen molar-refractivity contribution in [1.29, 1.82) is 0 Å². The second-order valence-electron chi connectivity index (χ2n) is 23.0. The molecule has 0 fully saturated rings. The predicted octanol–water partition coefficient (Wildman–Crippen LogP) is 4.20. The van der Waals surface area contributed by atoms with Gasteiger partial charge in [-0.1, -0.05) is 0 Å². The van der Waals surface area contributed by atoms with Crippen LogP contribution in [0.15, 0.2) is 0 Å². The third-order valence-electron chi connectivity index (χ3n) is 8.54. The molecule has 70 heavy (non-hydrogen) atoms. The van der Waals surface area contributed by atoms with Gasteiger partial charge in [-0.15, -0.1) is 0 Å². The van der Waals surface area contributed by atoms with E-state index < -0.39 is 143 Å². The molecule has 402 valence electrons. The molecule has 0 aromatic rings. The van der Waals surface area contributed by atoms with Crippen molar-refractivity contribution in [2.75, 3.05) is 0 Å². The summed E-state index contributed by atoms with van der Waals surface area (Å²) in [5.74, 6) is -7.58. The molecule has 0 spiro atoms. The normalized spacial score (nSPS) is 14.5. The van der Waals surface area contributed by atoms with E-state index in [0.29, 0.717) is 0 Å². The van der Waals surface area contributed by atoms with E-state index in [1.807, 2.05) is 0 Å². The number of carbonyl (C=O) groups is 10. The van der Waals surface area contributed by atoms with Crippen LogP contribution in [0, 0.1) is 0 Å². The number of ether oxygens (including phenoxy) is 6. The number of amides is 4. The molecule has 21 nitrogen and oxygen atoms in total. The highest BCUT2D eigenvalue weighted by atomic mass is 16.6. The van der Waals surface area contributed by atoms with Crippen LogP contribution in [0.1, 0.15) is 189 Å². The van der Waals surface area contributed by atoms with E-state index >= 15 is 0 Å². The molecule has 21 heteroatoms. The van der Waals surface area contributed by atoms with E-state index in [2.05, 4.69) is 21.3 Å². The quantitative estimate of drug-likeness (QED) is 0.0668. The molecule has 5 atom stereocenters. The van der Waals surface area contributed by atoms with E-state index in [1.165, 1.54) is 0 Å². The Morgan fingerprint density at radius 3 is 0.743 bits per heavy atom. The fraction of sp³-hybridized carbons (Fsp3) is 0.796. The highest BCUT2D eigenvalue weighted by molar-refractivity contribution is 5.89. The SMILES string of the molecule is CC(C)(C)OC(=O)CC[C@H](NC(=O)CC[C@H](NC(=O)CC[C@H](NC(=O)CC[C@H](NC(=O)CC[C@H](N)C(=O)OC(C)(C)C)C(=O)OC(C)(C)C)C(=O)OC(C)(C)C)C(=O)OC(C)(C)C)C(=O)OC(C)(C)C. The molecule has 0 saturated carbocycles. The standard InChI is InChI=1S/C49H85N5O16/c1-44(2,3)65-38(59)28-23-33(43(64)70-49(16,17)18)54-37(58)27-22-32(42(63)69-48(13,14)15)53-36(57)26-21-31(41(62)68-47(10,11)12)52-35(56)25-20-30(40(61)67-46(7,8)9)51-34(55)24-19-29(50)39(60)66-45(4,5)6/h29-33H,19-28,50H2,1-18H3,(H,51,55)(H,52,56)(H,53,57)(H,54,58)/t29-,30-,31-,32-,33-/m0/s1. The van der Waals surface area contributed by atoms with Crippen molar-refractivity contribution in [2.24, 2.45) is 5.73 Å². The van der Waals surface area contributed by atoms with Gasteiger partial charge in [0.15, 0.2) is 0 Å². The van der Waals surface area contributed by atoms with E-state index in [-0.39, 0.29) is 44.9 Å². The molecule has 0 aromatic heterocycles. The van der Waals surface area contributed by atoms with Gasteiger partial charge in [-0.3, -0.25) is 28.8 Å². The third-order valence-corrected chi connectivity index (χ3v) is 8.54. The first-order valence-corrected chi connectivity index (χ1v) is 23.7. The Morgan fingerprint density at radius 2 is 0.514 bits per heavy atom. The molecule has 0 heterocycles. The van der Waals surface area contributed by atoms with Crippen LogP contribution in [0.5, 0.6) is 0 Å². The lowest BCUT2D eigenvalue weighted by molar-refractivity contribution is -0.161. The Morgan fingerprint density at radius 1 is 0.314 bits per heavy atom. The lowest BCUT2D eigenvalue weighted by Crippen LogP contribution is -2.48. The molecule has 6 N–H and O–H groups in total. The van der Waals surface area contributed by atoms with E-state index in [4.69, 9.17) is 34.2 Å². The van der Waals surface area contributed by atoms with Gasteiger partial charge < -0.3 is 55.4 Å². The second kappa shape index (κ2) is 27.3. The minimum atomic E-state index is -1.40. The number of carbonyl (C=O) groups excluding carboxylic acids is 10. The van der Waals surface area contributed by atoms with E-state index in [1.54, 1.807) is 125 Å². The summed E-state index contributed by atoms with van der Waals surface area (Å²) in [4.78, 5) is 131. The number of rotatable bonds is 24. The van der Waals surface area contributed by atoms with Crippen molar-refractivity contribution in [3.8, 4) is 0 Å². The lowest BCUT2D eigenvalue weighted by Gasteiger charge is -2.27. The number of hydrogen-bond acceptors (Lipinski definition) is 17. The van der Waals surface area contributed by atoms with Gasteiger partial charge in [0.25, 0.3) is 0 Å². The summed E-state index contributed by atoms with van der Waals surface area (Å²) in [6.07, 6.45) is -2.87. The minimum absolute atomic E-state index is 0.101. The van der Waals surface area contributed by atoms with E-state index in [0.717, 1.165) is 0 Å². The van der Waals surface area contributed by atoms with Gasteiger partial charge in [-0.25, -0.2) is 19.2 Å². The van der Waals surface area contributed by atoms with Crippen molar-refractivity contribution in [3.63, 3.8) is 0 Å². The number of esters is 6. The number of hydrogen-bond donors (Lipinski definition) is 5. The van der Waals surface area contributed by atoms with Crippen molar-refractivity contribution in [3.05, 3.63) is 0 Å². The first kappa shape index (κ1) is 64.7. The Labute approximate surface area is 414 Å². The number of nitrogens with two attached hydrogens (primary N) is 1. The molecule has 0 unspecified atom stereocenters. The van der Waals surface area contributed by atoms with Crippen LogP contribution in [0.2, 0.25) is 0 Å². The molecule has 0 saturated heterocycles. The van der Waals surface area contributed by atoms with Crippen LogP contribution in [-0.4, -0.2) is 123 Å². The van der Waals surface area contributed by atoms with Crippen molar-refractivity contribution < 1.29 is 76.4 Å². The maximum Gasteiger partial charge on any atom is 0.329 e. The summed E-state index contributed by atoms with van der Waals surface area (Å²) >= 11 is 0. The summed E-state index contributed by atoms with van der Waals surface area (Å²) in [5, 5.41) is 10.2. The van der Waals surface area contributed by atoms with Gasteiger partial charge in [-0.05, 0) is 157 Å². The summed E-state index contributed by atoms with van der Waals surface area (Å²) < 4.78 is 32.6. The smallest absolute Gasteiger partial charge is 0.329 e.